The lowest BCUT2D eigenvalue weighted by Crippen LogP contribution is -2.29. The van der Waals surface area contributed by atoms with E-state index in [-0.39, 0.29) is 0 Å². The fourth-order valence-corrected chi connectivity index (χ4v) is 3.30. The van der Waals surface area contributed by atoms with Gasteiger partial charge in [0, 0.05) is 21.5 Å². The van der Waals surface area contributed by atoms with Crippen LogP contribution in [0.15, 0.2) is 67.0 Å². The van der Waals surface area contributed by atoms with Gasteiger partial charge in [-0.25, -0.2) is 0 Å². The zero-order valence-electron chi connectivity index (χ0n) is 13.1. The molecule has 0 unspecified atom stereocenters. The van der Waals surface area contributed by atoms with Crippen molar-refractivity contribution in [2.24, 2.45) is 0 Å². The van der Waals surface area contributed by atoms with Crippen molar-refractivity contribution in [2.75, 3.05) is 4.90 Å². The van der Waals surface area contributed by atoms with Gasteiger partial charge in [-0.3, -0.25) is 14.6 Å². The Balaban J connectivity index is 1.70. The van der Waals surface area contributed by atoms with Crippen LogP contribution in [0.4, 0.5) is 5.69 Å². The molecule has 5 heteroatoms. The summed E-state index contributed by atoms with van der Waals surface area (Å²) in [5, 5.41) is 0. The number of fused-ring (bicyclic) bond motifs is 1. The second-order valence-electron chi connectivity index (χ2n) is 5.82. The standard InChI is InChI=1S/C20H13IN2O2/c21-16-6-3-13(4-7-16)12-23-18-8-5-14(15-2-1-9-22-11-15)10-17(18)19(24)20(23)25/h1-11H,12H2. The van der Waals surface area contributed by atoms with Crippen LogP contribution in [0, 0.1) is 3.57 Å². The van der Waals surface area contributed by atoms with Crippen LogP contribution in [0.5, 0.6) is 0 Å². The zero-order chi connectivity index (χ0) is 17.4. The molecule has 4 rings (SSSR count). The Hall–Kier alpha value is -2.54. The smallest absolute Gasteiger partial charge is 0.299 e. The maximum absolute atomic E-state index is 12.4. The SMILES string of the molecule is O=C1C(=O)N(Cc2ccc(I)cc2)c2ccc(-c3cccnc3)cc21. The van der Waals surface area contributed by atoms with Gasteiger partial charge in [0.05, 0.1) is 17.8 Å². The summed E-state index contributed by atoms with van der Waals surface area (Å²) in [4.78, 5) is 30.5. The highest BCUT2D eigenvalue weighted by Crippen LogP contribution is 2.33. The molecule has 1 aliphatic heterocycles. The zero-order valence-corrected chi connectivity index (χ0v) is 15.3. The van der Waals surface area contributed by atoms with Crippen molar-refractivity contribution < 1.29 is 9.59 Å². The minimum absolute atomic E-state index is 0.390. The molecule has 1 aliphatic rings. The molecule has 0 bridgehead atoms. The Labute approximate surface area is 158 Å². The minimum Gasteiger partial charge on any atom is -0.300 e. The molecule has 0 saturated carbocycles. The monoisotopic (exact) mass is 440 g/mol. The van der Waals surface area contributed by atoms with Crippen LogP contribution in [0.2, 0.25) is 0 Å². The first-order valence-electron chi connectivity index (χ1n) is 7.78. The second kappa shape index (κ2) is 6.40. The Kier molecular flexibility index (Phi) is 4.09. The number of Topliss-reactive ketones (excluding diaryl/α,β-unsaturated/α-hetero) is 1. The largest absolute Gasteiger partial charge is 0.300 e. The lowest BCUT2D eigenvalue weighted by Gasteiger charge is -2.17. The fourth-order valence-electron chi connectivity index (χ4n) is 2.94. The molecule has 2 heterocycles. The number of hydrogen-bond acceptors (Lipinski definition) is 3. The lowest BCUT2D eigenvalue weighted by molar-refractivity contribution is -0.114. The molecule has 0 saturated heterocycles. The molecule has 0 atom stereocenters. The maximum atomic E-state index is 12.4. The quantitative estimate of drug-likeness (QED) is 0.456. The molecule has 122 valence electrons. The van der Waals surface area contributed by atoms with Gasteiger partial charge in [-0.15, -0.1) is 0 Å². The predicted octanol–water partition coefficient (Wildman–Crippen LogP) is 4.08. The Morgan fingerprint density at radius 2 is 1.76 bits per heavy atom. The number of halogens is 1. The molecule has 25 heavy (non-hydrogen) atoms. The third kappa shape index (κ3) is 2.95. The molecular formula is C20H13IN2O2. The normalized spacial score (nSPS) is 13.2. The van der Waals surface area contributed by atoms with E-state index in [2.05, 4.69) is 27.6 Å². The third-order valence-corrected chi connectivity index (χ3v) is 4.94. The van der Waals surface area contributed by atoms with Crippen LogP contribution in [0.1, 0.15) is 15.9 Å². The molecule has 2 aromatic carbocycles. The Morgan fingerprint density at radius 1 is 0.960 bits per heavy atom. The topological polar surface area (TPSA) is 50.3 Å². The molecule has 0 N–H and O–H groups in total. The number of pyridine rings is 1. The average molecular weight is 440 g/mol. The summed E-state index contributed by atoms with van der Waals surface area (Å²) in [6.07, 6.45) is 3.45. The van der Waals surface area contributed by atoms with Crippen molar-refractivity contribution in [3.63, 3.8) is 0 Å². The number of carbonyl (C=O) groups is 2. The second-order valence-corrected chi connectivity index (χ2v) is 7.07. The first kappa shape index (κ1) is 16.0. The van der Waals surface area contributed by atoms with E-state index in [4.69, 9.17) is 0 Å². The number of ketones is 1. The van der Waals surface area contributed by atoms with Crippen LogP contribution in [-0.2, 0) is 11.3 Å². The van der Waals surface area contributed by atoms with Gasteiger partial charge < -0.3 is 4.90 Å². The molecule has 0 spiro atoms. The summed E-state index contributed by atoms with van der Waals surface area (Å²) in [6.45, 7) is 0.390. The summed E-state index contributed by atoms with van der Waals surface area (Å²) in [5.74, 6) is -0.928. The number of nitrogens with zero attached hydrogens (tertiary/aromatic N) is 2. The van der Waals surface area contributed by atoms with E-state index >= 15 is 0 Å². The van der Waals surface area contributed by atoms with Crippen LogP contribution in [-0.4, -0.2) is 16.7 Å². The van der Waals surface area contributed by atoms with Gasteiger partial charge in [0.1, 0.15) is 0 Å². The minimum atomic E-state index is -0.475. The summed E-state index contributed by atoms with van der Waals surface area (Å²) in [5.41, 5.74) is 3.91. The van der Waals surface area contributed by atoms with Gasteiger partial charge >= 0.3 is 0 Å². The van der Waals surface area contributed by atoms with Crippen molar-refractivity contribution in [3.8, 4) is 11.1 Å². The summed E-state index contributed by atoms with van der Waals surface area (Å²) < 4.78 is 1.13. The van der Waals surface area contributed by atoms with Gasteiger partial charge in [-0.05, 0) is 64.0 Å². The fraction of sp³-hybridized carbons (Fsp3) is 0.0500. The highest BCUT2D eigenvalue weighted by atomic mass is 127. The average Bonchev–Trinajstić information content (AvgIpc) is 2.89. The van der Waals surface area contributed by atoms with Gasteiger partial charge in [-0.2, -0.15) is 0 Å². The Bertz CT molecular complexity index is 969. The number of amides is 1. The molecule has 0 radical (unpaired) electrons. The molecule has 1 amide bonds. The summed E-state index contributed by atoms with van der Waals surface area (Å²) >= 11 is 2.24. The molecule has 4 nitrogen and oxygen atoms in total. The van der Waals surface area contributed by atoms with Gasteiger partial charge in [0.25, 0.3) is 11.7 Å². The van der Waals surface area contributed by atoms with Crippen LogP contribution in [0.25, 0.3) is 11.1 Å². The van der Waals surface area contributed by atoms with E-state index in [1.54, 1.807) is 23.4 Å². The number of anilines is 1. The van der Waals surface area contributed by atoms with Gasteiger partial charge in [0.15, 0.2) is 0 Å². The van der Waals surface area contributed by atoms with Gasteiger partial charge in [-0.1, -0.05) is 24.3 Å². The molecular weight excluding hydrogens is 427 g/mol. The van der Waals surface area contributed by atoms with E-state index < -0.39 is 11.7 Å². The lowest BCUT2D eigenvalue weighted by atomic mass is 10.0. The Morgan fingerprint density at radius 3 is 2.48 bits per heavy atom. The number of benzene rings is 2. The molecule has 0 aliphatic carbocycles. The highest BCUT2D eigenvalue weighted by Gasteiger charge is 2.35. The number of carbonyl (C=O) groups excluding carboxylic acids is 2. The van der Waals surface area contributed by atoms with E-state index in [0.717, 1.165) is 20.3 Å². The van der Waals surface area contributed by atoms with Gasteiger partial charge in [0.2, 0.25) is 0 Å². The van der Waals surface area contributed by atoms with Crippen molar-refractivity contribution >= 4 is 40.0 Å². The van der Waals surface area contributed by atoms with E-state index in [1.165, 1.54) is 0 Å². The predicted molar refractivity (Wildman–Crippen MR) is 104 cm³/mol. The number of rotatable bonds is 3. The van der Waals surface area contributed by atoms with Crippen molar-refractivity contribution in [1.29, 1.82) is 0 Å². The third-order valence-electron chi connectivity index (χ3n) is 4.22. The van der Waals surface area contributed by atoms with E-state index in [1.807, 2.05) is 48.5 Å². The summed E-state index contributed by atoms with van der Waals surface area (Å²) in [7, 11) is 0. The molecule has 3 aromatic rings. The van der Waals surface area contributed by atoms with Crippen molar-refractivity contribution in [1.82, 2.24) is 4.98 Å². The van der Waals surface area contributed by atoms with Crippen LogP contribution >= 0.6 is 22.6 Å². The first-order chi connectivity index (χ1) is 12.1. The summed E-state index contributed by atoms with van der Waals surface area (Å²) in [6, 6.07) is 17.2. The first-order valence-corrected chi connectivity index (χ1v) is 8.86. The van der Waals surface area contributed by atoms with Crippen molar-refractivity contribution in [2.45, 2.75) is 6.54 Å². The number of hydrogen-bond donors (Lipinski definition) is 0. The van der Waals surface area contributed by atoms with Crippen molar-refractivity contribution in [3.05, 3.63) is 81.7 Å². The number of aromatic nitrogens is 1. The molecule has 0 fully saturated rings. The van der Waals surface area contributed by atoms with E-state index in [0.29, 0.717) is 17.8 Å². The van der Waals surface area contributed by atoms with Crippen LogP contribution < -0.4 is 4.90 Å². The molecule has 1 aromatic heterocycles. The maximum Gasteiger partial charge on any atom is 0.299 e. The highest BCUT2D eigenvalue weighted by molar-refractivity contribution is 14.1. The van der Waals surface area contributed by atoms with E-state index in [9.17, 15) is 9.59 Å². The van der Waals surface area contributed by atoms with Crippen LogP contribution in [0.3, 0.4) is 0 Å².